The van der Waals surface area contributed by atoms with Gasteiger partial charge in [-0.05, 0) is 55.8 Å². The second-order valence-electron chi connectivity index (χ2n) is 6.54. The van der Waals surface area contributed by atoms with Gasteiger partial charge in [0.1, 0.15) is 11.6 Å². The molecule has 3 rings (SSSR count). The van der Waals surface area contributed by atoms with Gasteiger partial charge in [0, 0.05) is 17.8 Å². The van der Waals surface area contributed by atoms with Crippen LogP contribution in [0.2, 0.25) is 10.0 Å². The summed E-state index contributed by atoms with van der Waals surface area (Å²) in [5.41, 5.74) is 1.34. The smallest absolute Gasteiger partial charge is 0.234 e. The molecule has 1 heterocycles. The largest absolute Gasteiger partial charge is 0.483 e. The molecule has 1 unspecified atom stereocenters. The molecule has 0 saturated heterocycles. The standard InChI is InChI=1S/C20H19Cl2FN4O2S/c1-11-8-14(5-6-15(11)21)29-12(2)19-25-26-20(27(19)3)30-10-18(28)24-13-4-7-17(23)16(22)9-13/h4-9,12H,10H2,1-3H3,(H,24,28). The quantitative estimate of drug-likeness (QED) is 0.467. The van der Waals surface area contributed by atoms with Crippen molar-refractivity contribution in [1.82, 2.24) is 14.8 Å². The highest BCUT2D eigenvalue weighted by Crippen LogP contribution is 2.27. The van der Waals surface area contributed by atoms with E-state index in [1.165, 1.54) is 30.0 Å². The minimum atomic E-state index is -0.541. The van der Waals surface area contributed by atoms with Gasteiger partial charge in [-0.2, -0.15) is 0 Å². The van der Waals surface area contributed by atoms with E-state index in [-0.39, 0.29) is 22.8 Å². The van der Waals surface area contributed by atoms with Crippen molar-refractivity contribution in [3.05, 3.63) is 63.6 Å². The van der Waals surface area contributed by atoms with E-state index in [9.17, 15) is 9.18 Å². The number of hydrogen-bond acceptors (Lipinski definition) is 5. The number of nitrogens with zero attached hydrogens (tertiary/aromatic N) is 3. The number of carbonyl (C=O) groups is 1. The Kier molecular flexibility index (Phi) is 7.23. The molecule has 0 spiro atoms. The number of halogens is 3. The number of carbonyl (C=O) groups excluding carboxylic acids is 1. The van der Waals surface area contributed by atoms with Crippen LogP contribution >= 0.6 is 35.0 Å². The van der Waals surface area contributed by atoms with E-state index < -0.39 is 5.82 Å². The zero-order valence-corrected chi connectivity index (χ0v) is 18.8. The lowest BCUT2D eigenvalue weighted by molar-refractivity contribution is -0.113. The first-order valence-electron chi connectivity index (χ1n) is 8.94. The fourth-order valence-corrected chi connectivity index (χ4v) is 3.67. The molecule has 6 nitrogen and oxygen atoms in total. The summed E-state index contributed by atoms with van der Waals surface area (Å²) in [4.78, 5) is 12.2. The minimum absolute atomic E-state index is 0.0525. The lowest BCUT2D eigenvalue weighted by Crippen LogP contribution is -2.15. The molecule has 0 fully saturated rings. The van der Waals surface area contributed by atoms with Gasteiger partial charge in [-0.1, -0.05) is 35.0 Å². The molecular formula is C20H19Cl2FN4O2S. The average Bonchev–Trinajstić information content (AvgIpc) is 3.06. The Morgan fingerprint density at radius 1 is 1.23 bits per heavy atom. The zero-order valence-electron chi connectivity index (χ0n) is 16.4. The van der Waals surface area contributed by atoms with Crippen molar-refractivity contribution in [2.75, 3.05) is 11.1 Å². The van der Waals surface area contributed by atoms with Crippen LogP contribution in [0.25, 0.3) is 0 Å². The van der Waals surface area contributed by atoms with E-state index in [1.54, 1.807) is 16.7 Å². The van der Waals surface area contributed by atoms with Crippen molar-refractivity contribution in [2.45, 2.75) is 25.1 Å². The first-order chi connectivity index (χ1) is 14.2. The fourth-order valence-electron chi connectivity index (χ4n) is 2.65. The average molecular weight is 469 g/mol. The van der Waals surface area contributed by atoms with Gasteiger partial charge in [0.15, 0.2) is 17.1 Å². The number of hydrogen-bond donors (Lipinski definition) is 1. The summed E-state index contributed by atoms with van der Waals surface area (Å²) in [6, 6.07) is 9.44. The summed E-state index contributed by atoms with van der Waals surface area (Å²) < 4.78 is 20.9. The summed E-state index contributed by atoms with van der Waals surface area (Å²) in [5, 5.41) is 12.2. The number of thioether (sulfide) groups is 1. The van der Waals surface area contributed by atoms with Gasteiger partial charge >= 0.3 is 0 Å². The molecule has 1 amide bonds. The van der Waals surface area contributed by atoms with Crippen LogP contribution in [0, 0.1) is 12.7 Å². The van der Waals surface area contributed by atoms with E-state index in [0.717, 1.165) is 5.56 Å². The van der Waals surface area contributed by atoms with Gasteiger partial charge in [0.05, 0.1) is 10.8 Å². The number of aromatic nitrogens is 3. The molecule has 1 N–H and O–H groups in total. The van der Waals surface area contributed by atoms with Gasteiger partial charge in [-0.15, -0.1) is 10.2 Å². The summed E-state index contributed by atoms with van der Waals surface area (Å²) >= 11 is 13.0. The summed E-state index contributed by atoms with van der Waals surface area (Å²) in [7, 11) is 1.81. The third-order valence-electron chi connectivity index (χ3n) is 4.21. The van der Waals surface area contributed by atoms with Gasteiger partial charge in [0.25, 0.3) is 0 Å². The monoisotopic (exact) mass is 468 g/mol. The van der Waals surface area contributed by atoms with Gasteiger partial charge in [0.2, 0.25) is 5.91 Å². The second-order valence-corrected chi connectivity index (χ2v) is 8.29. The molecule has 0 bridgehead atoms. The van der Waals surface area contributed by atoms with Crippen molar-refractivity contribution in [1.29, 1.82) is 0 Å². The highest BCUT2D eigenvalue weighted by Gasteiger charge is 2.18. The second kappa shape index (κ2) is 9.68. The van der Waals surface area contributed by atoms with Crippen LogP contribution in [-0.4, -0.2) is 26.4 Å². The molecular weight excluding hydrogens is 450 g/mol. The van der Waals surface area contributed by atoms with Crippen molar-refractivity contribution in [3.63, 3.8) is 0 Å². The number of nitrogens with one attached hydrogen (secondary N) is 1. The number of amides is 1. The van der Waals surface area contributed by atoms with E-state index in [2.05, 4.69) is 15.5 Å². The molecule has 0 radical (unpaired) electrons. The molecule has 0 saturated carbocycles. The number of rotatable bonds is 7. The molecule has 1 atom stereocenters. The van der Waals surface area contributed by atoms with Crippen LogP contribution in [0.4, 0.5) is 10.1 Å². The maximum Gasteiger partial charge on any atom is 0.234 e. The minimum Gasteiger partial charge on any atom is -0.483 e. The highest BCUT2D eigenvalue weighted by atomic mass is 35.5. The molecule has 0 aliphatic carbocycles. The number of ether oxygens (including phenoxy) is 1. The summed E-state index contributed by atoms with van der Waals surface area (Å²) in [6.07, 6.45) is -0.354. The predicted molar refractivity (Wildman–Crippen MR) is 117 cm³/mol. The lowest BCUT2D eigenvalue weighted by atomic mass is 10.2. The van der Waals surface area contributed by atoms with Crippen molar-refractivity contribution < 1.29 is 13.9 Å². The van der Waals surface area contributed by atoms with E-state index in [4.69, 9.17) is 27.9 Å². The zero-order chi connectivity index (χ0) is 21.8. The molecule has 3 aromatic rings. The number of anilines is 1. The maximum atomic E-state index is 13.2. The van der Waals surface area contributed by atoms with E-state index >= 15 is 0 Å². The summed E-state index contributed by atoms with van der Waals surface area (Å²) in [5.74, 6) is 0.593. The van der Waals surface area contributed by atoms with Crippen LogP contribution in [-0.2, 0) is 11.8 Å². The Morgan fingerprint density at radius 3 is 2.70 bits per heavy atom. The van der Waals surface area contributed by atoms with Gasteiger partial charge < -0.3 is 14.6 Å². The Morgan fingerprint density at radius 2 is 2.00 bits per heavy atom. The SMILES string of the molecule is Cc1cc(OC(C)c2nnc(SCC(=O)Nc3ccc(F)c(Cl)c3)n2C)ccc1Cl. The first-order valence-corrected chi connectivity index (χ1v) is 10.7. The molecule has 10 heteroatoms. The highest BCUT2D eigenvalue weighted by molar-refractivity contribution is 7.99. The predicted octanol–water partition coefficient (Wildman–Crippen LogP) is 5.44. The normalized spacial score (nSPS) is 11.9. The number of aryl methyl sites for hydroxylation is 1. The van der Waals surface area contributed by atoms with E-state index in [1.807, 2.05) is 27.0 Å². The third-order valence-corrected chi connectivity index (χ3v) is 5.94. The van der Waals surface area contributed by atoms with Crippen LogP contribution < -0.4 is 10.1 Å². The van der Waals surface area contributed by atoms with Crippen molar-refractivity contribution in [3.8, 4) is 5.75 Å². The van der Waals surface area contributed by atoms with Crippen LogP contribution in [0.3, 0.4) is 0 Å². The van der Waals surface area contributed by atoms with Crippen LogP contribution in [0.5, 0.6) is 5.75 Å². The van der Waals surface area contributed by atoms with Crippen LogP contribution in [0.1, 0.15) is 24.4 Å². The topological polar surface area (TPSA) is 69.0 Å². The molecule has 158 valence electrons. The fraction of sp³-hybridized carbons (Fsp3) is 0.250. The van der Waals surface area contributed by atoms with E-state index in [0.29, 0.717) is 27.4 Å². The van der Waals surface area contributed by atoms with Gasteiger partial charge in [-0.25, -0.2) is 4.39 Å². The Balaban J connectivity index is 1.59. The molecule has 0 aliphatic heterocycles. The number of benzene rings is 2. The first kappa shape index (κ1) is 22.4. The summed E-state index contributed by atoms with van der Waals surface area (Å²) in [6.45, 7) is 3.77. The van der Waals surface area contributed by atoms with Crippen molar-refractivity contribution in [2.24, 2.45) is 7.05 Å². The van der Waals surface area contributed by atoms with Crippen LogP contribution in [0.15, 0.2) is 41.6 Å². The lowest BCUT2D eigenvalue weighted by Gasteiger charge is -2.15. The molecule has 1 aromatic heterocycles. The molecule has 2 aromatic carbocycles. The Hall–Kier alpha value is -2.29. The molecule has 0 aliphatic rings. The Bertz CT molecular complexity index is 1080. The van der Waals surface area contributed by atoms with Gasteiger partial charge in [-0.3, -0.25) is 4.79 Å². The van der Waals surface area contributed by atoms with Crippen molar-refractivity contribution >= 4 is 46.6 Å². The third kappa shape index (κ3) is 5.44. The molecule has 30 heavy (non-hydrogen) atoms. The Labute approximate surface area is 187 Å². The maximum absolute atomic E-state index is 13.2.